The zero-order valence-electron chi connectivity index (χ0n) is 28.2. The zero-order valence-corrected chi connectivity index (χ0v) is 33.0. The fourth-order valence-electron chi connectivity index (χ4n) is 5.33. The number of benzene rings is 2. The molecule has 0 aliphatic heterocycles. The van der Waals surface area contributed by atoms with Crippen molar-refractivity contribution in [2.45, 2.75) is 122 Å². The Morgan fingerprint density at radius 1 is 0.630 bits per heavy atom. The summed E-state index contributed by atoms with van der Waals surface area (Å²) >= 11 is 0. The van der Waals surface area contributed by atoms with Crippen LogP contribution in [0.25, 0.3) is 15.3 Å². The van der Waals surface area contributed by atoms with Crippen LogP contribution >= 0.6 is 7.92 Å². The number of halogens is 6. The van der Waals surface area contributed by atoms with Crippen LogP contribution in [0, 0.1) is 0 Å². The molecule has 0 fully saturated rings. The number of nitrogens with zero attached hydrogens (tertiary/aromatic N) is 1. The molecule has 0 unspecified atom stereocenters. The van der Waals surface area contributed by atoms with Gasteiger partial charge in [-0.3, -0.25) is 0 Å². The van der Waals surface area contributed by atoms with E-state index in [0.717, 1.165) is 4.13 Å². The summed E-state index contributed by atoms with van der Waals surface area (Å²) in [6, 6.07) is 14.3. The first-order chi connectivity index (χ1) is 19.9. The first kappa shape index (κ1) is 45.1. The maximum absolute atomic E-state index is 11.4. The Bertz CT molecular complexity index is 1460. The van der Waals surface area contributed by atoms with Crippen molar-refractivity contribution in [1.82, 2.24) is 0 Å². The van der Waals surface area contributed by atoms with Crippen molar-refractivity contribution in [2.24, 2.45) is 0 Å². The summed E-state index contributed by atoms with van der Waals surface area (Å²) in [5.41, 5.74) is -4.91. The van der Waals surface area contributed by atoms with Crippen LogP contribution in [0.3, 0.4) is 0 Å². The molecule has 46 heavy (non-hydrogen) atoms. The van der Waals surface area contributed by atoms with Gasteiger partial charge >= 0.3 is 33.4 Å². The molecule has 0 heterocycles. The molecule has 0 atom stereocenters. The van der Waals surface area contributed by atoms with Gasteiger partial charge in [0.25, 0.3) is 0 Å². The molecule has 15 heteroatoms. The van der Waals surface area contributed by atoms with E-state index in [-0.39, 0.29) is 32.7 Å². The molecule has 268 valence electrons. The van der Waals surface area contributed by atoms with E-state index in [1.165, 1.54) is 27.8 Å². The summed E-state index contributed by atoms with van der Waals surface area (Å²) in [6.45, 7) is 28.7. The van der Waals surface area contributed by atoms with Crippen LogP contribution in [0.2, 0.25) is 0 Å². The van der Waals surface area contributed by atoms with E-state index in [1.807, 2.05) is 0 Å². The summed E-state index contributed by atoms with van der Waals surface area (Å²) < 4.78 is 109. The van der Waals surface area contributed by atoms with Crippen molar-refractivity contribution in [3.63, 3.8) is 0 Å². The number of sulfonamides is 2. The second-order valence-electron chi connectivity index (χ2n) is 13.9. The molecular weight excluding hydrogens is 856 g/mol. The summed E-state index contributed by atoms with van der Waals surface area (Å²) in [5.74, 6) is 1.56. The molecular formula is C31H46AuF6NO4PS2+. The third kappa shape index (κ3) is 11.3. The Labute approximate surface area is 288 Å². The topological polar surface area (TPSA) is 82.4 Å². The van der Waals surface area contributed by atoms with Gasteiger partial charge < -0.3 is 4.13 Å². The Morgan fingerprint density at radius 3 is 1.26 bits per heavy atom. The number of hydrogen-bond acceptors (Lipinski definition) is 4. The summed E-state index contributed by atoms with van der Waals surface area (Å²) in [5, 5.41) is 2.17. The number of hydrogen-bond donors (Lipinski definition) is 0. The van der Waals surface area contributed by atoms with Crippen molar-refractivity contribution in [3.05, 3.63) is 57.2 Å². The zero-order chi connectivity index (χ0) is 35.7. The van der Waals surface area contributed by atoms with Crippen LogP contribution in [0.4, 0.5) is 26.3 Å². The van der Waals surface area contributed by atoms with E-state index in [1.54, 1.807) is 5.30 Å². The third-order valence-corrected chi connectivity index (χ3v) is 13.6. The fourth-order valence-corrected chi connectivity index (χ4v) is 11.6. The SMILES string of the molecule is CC(C)c1cc(C(C)C)c(-c2ccccc2[PH+](C(C)(C)C)C(C)(C)C)c(C(C)C)c1.O=S(=O)([N-]S(=O)(=O)C(F)(F)F)C(F)(F)F.[Au+]. The van der Waals surface area contributed by atoms with Gasteiger partial charge in [0.2, 0.25) is 0 Å². The van der Waals surface area contributed by atoms with Gasteiger partial charge in [-0.2, -0.15) is 26.3 Å². The smallest absolute Gasteiger partial charge is 0.421 e. The van der Waals surface area contributed by atoms with Gasteiger partial charge in [-0.25, -0.2) is 16.8 Å². The molecule has 5 nitrogen and oxygen atoms in total. The van der Waals surface area contributed by atoms with Crippen molar-refractivity contribution in [1.29, 1.82) is 0 Å². The average molecular weight is 903 g/mol. The largest absolute Gasteiger partial charge is 1.00 e. The van der Waals surface area contributed by atoms with Crippen LogP contribution in [-0.2, 0) is 42.4 Å². The maximum atomic E-state index is 11.4. The van der Waals surface area contributed by atoms with E-state index in [2.05, 4.69) is 119 Å². The second-order valence-corrected chi connectivity index (χ2v) is 21.6. The number of rotatable bonds is 7. The van der Waals surface area contributed by atoms with E-state index < -0.39 is 39.0 Å². The van der Waals surface area contributed by atoms with Crippen LogP contribution in [0.1, 0.15) is 118 Å². The molecule has 0 saturated heterocycles. The summed E-state index contributed by atoms with van der Waals surface area (Å²) in [6.07, 6.45) is 0. The van der Waals surface area contributed by atoms with Crippen LogP contribution in [0.5, 0.6) is 0 Å². The number of alkyl halides is 6. The monoisotopic (exact) mass is 902 g/mol. The molecule has 2 aromatic rings. The Balaban J connectivity index is 0.00000108. The minimum Gasteiger partial charge on any atom is -0.421 e. The van der Waals surface area contributed by atoms with Gasteiger partial charge in [0, 0.05) is 13.5 Å². The van der Waals surface area contributed by atoms with Gasteiger partial charge in [-0.05, 0) is 87.6 Å². The Kier molecular flexibility index (Phi) is 15.4. The Hall–Kier alpha value is -0.950. The predicted molar refractivity (Wildman–Crippen MR) is 175 cm³/mol. The first-order valence-corrected chi connectivity index (χ1v) is 18.8. The molecule has 0 N–H and O–H groups in total. The van der Waals surface area contributed by atoms with E-state index in [0.29, 0.717) is 17.8 Å². The molecule has 0 spiro atoms. The van der Waals surface area contributed by atoms with Gasteiger partial charge in [0.05, 0.1) is 10.3 Å². The molecule has 2 aromatic carbocycles. The van der Waals surface area contributed by atoms with Gasteiger partial charge in [-0.1, -0.05) is 71.9 Å². The van der Waals surface area contributed by atoms with Crippen molar-refractivity contribution >= 4 is 33.3 Å². The standard InChI is InChI=1S/C29H45P.C2F6NO4S2.Au/c1-19(2)22-17-24(20(3)4)27(25(18-22)21(5)6)23-15-13-14-16-26(23)30(28(7,8)9)29(10,11)12;3-1(4,5)14(10,11)9-15(12,13)2(6,7)8;/h13-21H,1-12H3;;/q;-1;+1/p+1. The quantitative estimate of drug-likeness (QED) is 0.157. The van der Waals surface area contributed by atoms with Crippen LogP contribution < -0.4 is 5.30 Å². The molecule has 0 aromatic heterocycles. The van der Waals surface area contributed by atoms with E-state index in [4.69, 9.17) is 0 Å². The third-order valence-electron chi connectivity index (χ3n) is 6.88. The molecule has 0 saturated carbocycles. The second kappa shape index (κ2) is 15.7. The van der Waals surface area contributed by atoms with Crippen LogP contribution in [0.15, 0.2) is 36.4 Å². The van der Waals surface area contributed by atoms with Crippen molar-refractivity contribution in [3.8, 4) is 11.1 Å². The van der Waals surface area contributed by atoms with Crippen molar-refractivity contribution in [2.75, 3.05) is 0 Å². The van der Waals surface area contributed by atoms with Gasteiger partial charge in [0.1, 0.15) is 5.30 Å². The molecule has 2 rings (SSSR count). The summed E-state index contributed by atoms with van der Waals surface area (Å²) in [4.78, 5) is 0. The minimum atomic E-state index is -6.72. The summed E-state index contributed by atoms with van der Waals surface area (Å²) in [7, 11) is -14.3. The molecule has 0 bridgehead atoms. The molecule has 0 aliphatic rings. The Morgan fingerprint density at radius 2 is 0.978 bits per heavy atom. The van der Waals surface area contributed by atoms with Crippen molar-refractivity contribution < 1.29 is 65.6 Å². The van der Waals surface area contributed by atoms with Crippen LogP contribution in [-0.4, -0.2) is 38.2 Å². The first-order valence-electron chi connectivity index (χ1n) is 14.4. The fraction of sp³-hybridized carbons (Fsp3) is 0.613. The molecule has 0 amide bonds. The van der Waals surface area contributed by atoms with Gasteiger partial charge in [-0.15, -0.1) is 0 Å². The maximum Gasteiger partial charge on any atom is 1.00 e. The van der Waals surface area contributed by atoms with Gasteiger partial charge in [0.15, 0.2) is 20.0 Å². The molecule has 0 radical (unpaired) electrons. The van der Waals surface area contributed by atoms with E-state index >= 15 is 0 Å². The molecule has 0 aliphatic carbocycles. The average Bonchev–Trinajstić information content (AvgIpc) is 2.80. The minimum absolute atomic E-state index is 0. The normalized spacial score (nSPS) is 13.6. The predicted octanol–water partition coefficient (Wildman–Crippen LogP) is 10.2. The van der Waals surface area contributed by atoms with E-state index in [9.17, 15) is 43.2 Å².